The Morgan fingerprint density at radius 1 is 1.33 bits per heavy atom. The van der Waals surface area contributed by atoms with E-state index in [2.05, 4.69) is 9.71 Å². The van der Waals surface area contributed by atoms with Crippen LogP contribution in [-0.4, -0.2) is 13.4 Å². The average molecular weight is 309 g/mol. The van der Waals surface area contributed by atoms with E-state index in [9.17, 15) is 12.8 Å². The number of nitrogens with one attached hydrogen (secondary N) is 1. The lowest BCUT2D eigenvalue weighted by atomic mass is 10.1. The van der Waals surface area contributed by atoms with Crippen LogP contribution in [0.5, 0.6) is 0 Å². The number of nitrogens with zero attached hydrogens (tertiary/aromatic N) is 1. The highest BCUT2D eigenvalue weighted by atomic mass is 32.2. The zero-order valence-electron chi connectivity index (χ0n) is 11.5. The smallest absolute Gasteiger partial charge is 0.243 e. The molecule has 2 aromatic rings. The maximum Gasteiger partial charge on any atom is 0.243 e. The highest BCUT2D eigenvalue weighted by Gasteiger charge is 2.18. The van der Waals surface area contributed by atoms with E-state index in [1.807, 2.05) is 13.0 Å². The first-order valence-electron chi connectivity index (χ1n) is 6.41. The van der Waals surface area contributed by atoms with Crippen LogP contribution in [0.2, 0.25) is 0 Å². The number of nitrogens with two attached hydrogens (primary N) is 1. The van der Waals surface area contributed by atoms with Gasteiger partial charge in [0.25, 0.3) is 0 Å². The first-order valence-corrected chi connectivity index (χ1v) is 7.90. The Balaban J connectivity index is 2.24. The van der Waals surface area contributed by atoms with Crippen LogP contribution in [0.3, 0.4) is 0 Å². The molecule has 5 nitrogen and oxygen atoms in total. The molecule has 1 aromatic heterocycles. The molecule has 0 bridgehead atoms. The third kappa shape index (κ3) is 3.56. The largest absolute Gasteiger partial charge is 0.398 e. The molecule has 1 heterocycles. The van der Waals surface area contributed by atoms with Crippen molar-refractivity contribution in [2.24, 2.45) is 0 Å². The fraction of sp³-hybridized carbons (Fsp3) is 0.214. The molecule has 112 valence electrons. The fourth-order valence-electron chi connectivity index (χ4n) is 1.93. The van der Waals surface area contributed by atoms with Gasteiger partial charge in [-0.05, 0) is 36.2 Å². The molecule has 3 N–H and O–H groups in total. The second-order valence-electron chi connectivity index (χ2n) is 4.47. The van der Waals surface area contributed by atoms with Crippen molar-refractivity contribution < 1.29 is 12.8 Å². The summed E-state index contributed by atoms with van der Waals surface area (Å²) in [6, 6.07) is 6.91. The van der Waals surface area contributed by atoms with Crippen LogP contribution in [-0.2, 0) is 23.0 Å². The van der Waals surface area contributed by atoms with Crippen LogP contribution in [0, 0.1) is 5.82 Å². The lowest BCUT2D eigenvalue weighted by molar-refractivity contribution is 0.577. The number of aromatic nitrogens is 1. The maximum absolute atomic E-state index is 13.2. The molecule has 0 aliphatic heterocycles. The van der Waals surface area contributed by atoms with Crippen molar-refractivity contribution in [2.45, 2.75) is 24.8 Å². The minimum Gasteiger partial charge on any atom is -0.398 e. The highest BCUT2D eigenvalue weighted by Crippen LogP contribution is 2.19. The first kappa shape index (κ1) is 15.4. The normalized spacial score (nSPS) is 11.5. The van der Waals surface area contributed by atoms with Crippen molar-refractivity contribution in [3.63, 3.8) is 0 Å². The molecule has 0 radical (unpaired) electrons. The van der Waals surface area contributed by atoms with Crippen molar-refractivity contribution in [1.29, 1.82) is 0 Å². The Labute approximate surface area is 123 Å². The van der Waals surface area contributed by atoms with Crippen LogP contribution in [0.1, 0.15) is 18.2 Å². The molecule has 0 aliphatic rings. The molecule has 0 unspecified atom stereocenters. The number of anilines is 1. The van der Waals surface area contributed by atoms with E-state index in [0.29, 0.717) is 5.69 Å². The standard InChI is InChI=1S/C14H16FN3O2S/c1-2-10-4-3-7-17-13(10)9-18-21(19,20)14-8-11(15)5-6-12(14)16/h3-8,18H,2,9,16H2,1H3. The molecule has 0 atom stereocenters. The van der Waals surface area contributed by atoms with Gasteiger partial charge in [0.2, 0.25) is 10.0 Å². The summed E-state index contributed by atoms with van der Waals surface area (Å²) < 4.78 is 40.0. The fourth-order valence-corrected chi connectivity index (χ4v) is 3.06. The van der Waals surface area contributed by atoms with Gasteiger partial charge in [-0.25, -0.2) is 17.5 Å². The molecule has 21 heavy (non-hydrogen) atoms. The summed E-state index contributed by atoms with van der Waals surface area (Å²) in [4.78, 5) is 3.89. The molecular formula is C14H16FN3O2S. The molecule has 1 aromatic carbocycles. The highest BCUT2D eigenvalue weighted by molar-refractivity contribution is 7.89. The number of hydrogen-bond donors (Lipinski definition) is 2. The van der Waals surface area contributed by atoms with Crippen LogP contribution < -0.4 is 10.5 Å². The van der Waals surface area contributed by atoms with E-state index in [1.54, 1.807) is 12.3 Å². The quantitative estimate of drug-likeness (QED) is 0.825. The van der Waals surface area contributed by atoms with Crippen molar-refractivity contribution in [1.82, 2.24) is 9.71 Å². The van der Waals surface area contributed by atoms with Gasteiger partial charge in [-0.3, -0.25) is 4.98 Å². The first-order chi connectivity index (χ1) is 9.94. The third-order valence-corrected chi connectivity index (χ3v) is 4.52. The predicted molar refractivity (Wildman–Crippen MR) is 78.5 cm³/mol. The number of halogens is 1. The molecule has 7 heteroatoms. The Hall–Kier alpha value is -1.99. The molecule has 2 rings (SSSR count). The van der Waals surface area contributed by atoms with Crippen LogP contribution >= 0.6 is 0 Å². The van der Waals surface area contributed by atoms with Gasteiger partial charge in [0.05, 0.1) is 17.9 Å². The maximum atomic E-state index is 13.2. The zero-order valence-corrected chi connectivity index (χ0v) is 12.3. The summed E-state index contributed by atoms with van der Waals surface area (Å²) in [5.74, 6) is -0.656. The van der Waals surface area contributed by atoms with Gasteiger partial charge in [0.1, 0.15) is 10.7 Å². The lowest BCUT2D eigenvalue weighted by Crippen LogP contribution is -2.25. The summed E-state index contributed by atoms with van der Waals surface area (Å²) in [7, 11) is -3.89. The Bertz CT molecular complexity index is 748. The second-order valence-corrected chi connectivity index (χ2v) is 6.20. The van der Waals surface area contributed by atoms with Gasteiger partial charge in [-0.15, -0.1) is 0 Å². The second kappa shape index (κ2) is 6.19. The Morgan fingerprint density at radius 3 is 2.81 bits per heavy atom. The van der Waals surface area contributed by atoms with E-state index in [1.165, 1.54) is 6.07 Å². The summed E-state index contributed by atoms with van der Waals surface area (Å²) in [6.45, 7) is 1.99. The number of hydrogen-bond acceptors (Lipinski definition) is 4. The zero-order chi connectivity index (χ0) is 15.5. The molecular weight excluding hydrogens is 293 g/mol. The molecule has 0 saturated carbocycles. The van der Waals surface area contributed by atoms with Crippen molar-refractivity contribution in [3.8, 4) is 0 Å². The molecule has 0 saturated heterocycles. The van der Waals surface area contributed by atoms with E-state index in [0.717, 1.165) is 24.1 Å². The minimum atomic E-state index is -3.89. The van der Waals surface area contributed by atoms with Gasteiger partial charge in [0.15, 0.2) is 0 Å². The number of aryl methyl sites for hydroxylation is 1. The number of sulfonamides is 1. The van der Waals surface area contributed by atoms with Gasteiger partial charge >= 0.3 is 0 Å². The summed E-state index contributed by atoms with van der Waals surface area (Å²) in [5, 5.41) is 0. The number of rotatable bonds is 5. The Kier molecular flexibility index (Phi) is 4.54. The minimum absolute atomic E-state index is 0.000589. The van der Waals surface area contributed by atoms with Crippen LogP contribution in [0.15, 0.2) is 41.4 Å². The Morgan fingerprint density at radius 2 is 2.10 bits per heavy atom. The number of nitrogen functional groups attached to an aromatic ring is 1. The predicted octanol–water partition coefficient (Wildman–Crippen LogP) is 1.84. The van der Waals surface area contributed by atoms with Gasteiger partial charge < -0.3 is 5.73 Å². The summed E-state index contributed by atoms with van der Waals surface area (Å²) >= 11 is 0. The van der Waals surface area contributed by atoms with Crippen molar-refractivity contribution >= 4 is 15.7 Å². The monoisotopic (exact) mass is 309 g/mol. The number of pyridine rings is 1. The molecule has 0 spiro atoms. The van der Waals surface area contributed by atoms with Crippen molar-refractivity contribution in [3.05, 3.63) is 53.6 Å². The SMILES string of the molecule is CCc1cccnc1CNS(=O)(=O)c1cc(F)ccc1N. The van der Waals surface area contributed by atoms with E-state index in [4.69, 9.17) is 5.73 Å². The van der Waals surface area contributed by atoms with Crippen LogP contribution in [0.4, 0.5) is 10.1 Å². The van der Waals surface area contributed by atoms with E-state index < -0.39 is 15.8 Å². The lowest BCUT2D eigenvalue weighted by Gasteiger charge is -2.10. The summed E-state index contributed by atoms with van der Waals surface area (Å²) in [6.07, 6.45) is 2.34. The topological polar surface area (TPSA) is 85.1 Å². The number of benzene rings is 1. The van der Waals surface area contributed by atoms with Gasteiger partial charge in [-0.2, -0.15) is 0 Å². The van der Waals surface area contributed by atoms with E-state index >= 15 is 0 Å². The van der Waals surface area contributed by atoms with E-state index in [-0.39, 0.29) is 17.1 Å². The summed E-state index contributed by atoms with van der Waals surface area (Å²) in [5.41, 5.74) is 7.19. The molecule has 0 fully saturated rings. The average Bonchev–Trinajstić information content (AvgIpc) is 2.48. The molecule has 0 amide bonds. The van der Waals surface area contributed by atoms with Crippen molar-refractivity contribution in [2.75, 3.05) is 5.73 Å². The van der Waals surface area contributed by atoms with Gasteiger partial charge in [0, 0.05) is 6.20 Å². The van der Waals surface area contributed by atoms with Crippen LogP contribution in [0.25, 0.3) is 0 Å². The third-order valence-electron chi connectivity index (χ3n) is 3.06. The molecule has 0 aliphatic carbocycles. The van der Waals surface area contributed by atoms with Gasteiger partial charge in [-0.1, -0.05) is 13.0 Å².